The lowest BCUT2D eigenvalue weighted by atomic mass is 10.2. The van der Waals surface area contributed by atoms with E-state index in [0.29, 0.717) is 6.54 Å². The summed E-state index contributed by atoms with van der Waals surface area (Å²) in [4.78, 5) is 12.7. The normalized spacial score (nSPS) is 13.0. The van der Waals surface area contributed by atoms with Crippen LogP contribution in [-0.4, -0.2) is 38.3 Å². The molecule has 5 nitrogen and oxygen atoms in total. The van der Waals surface area contributed by atoms with Crippen LogP contribution >= 0.6 is 0 Å². The van der Waals surface area contributed by atoms with Crippen LogP contribution in [0.2, 0.25) is 0 Å². The molecule has 0 radical (unpaired) electrons. The maximum absolute atomic E-state index is 10.8. The summed E-state index contributed by atoms with van der Waals surface area (Å²) in [7, 11) is 1.86. The first kappa shape index (κ1) is 12.7. The van der Waals surface area contributed by atoms with Gasteiger partial charge in [0, 0.05) is 31.4 Å². The summed E-state index contributed by atoms with van der Waals surface area (Å²) in [5.74, 6) is -0.788. The van der Waals surface area contributed by atoms with Crippen molar-refractivity contribution in [3.63, 3.8) is 0 Å². The van der Waals surface area contributed by atoms with Crippen molar-refractivity contribution < 1.29 is 9.90 Å². The van der Waals surface area contributed by atoms with Gasteiger partial charge in [-0.05, 0) is 13.3 Å². The van der Waals surface area contributed by atoms with Crippen LogP contribution < -0.4 is 0 Å². The van der Waals surface area contributed by atoms with Gasteiger partial charge in [0.25, 0.3) is 0 Å². The number of aryl methyl sites for hydroxylation is 1. The number of carboxylic acid groups (broad SMARTS) is 1. The van der Waals surface area contributed by atoms with E-state index in [4.69, 9.17) is 5.11 Å². The third kappa shape index (κ3) is 3.66. The Morgan fingerprint density at radius 1 is 1.69 bits per heavy atom. The van der Waals surface area contributed by atoms with Crippen molar-refractivity contribution >= 4 is 5.97 Å². The van der Waals surface area contributed by atoms with Crippen molar-refractivity contribution in [3.8, 4) is 0 Å². The molecule has 90 valence electrons. The zero-order valence-corrected chi connectivity index (χ0v) is 10.1. The lowest BCUT2D eigenvalue weighted by Crippen LogP contribution is -2.36. The van der Waals surface area contributed by atoms with Crippen LogP contribution in [0.25, 0.3) is 0 Å². The number of hydrogen-bond acceptors (Lipinski definition) is 3. The van der Waals surface area contributed by atoms with E-state index in [9.17, 15) is 4.79 Å². The predicted octanol–water partition coefficient (Wildman–Crippen LogP) is 1.11. The molecule has 0 aromatic carbocycles. The van der Waals surface area contributed by atoms with Crippen molar-refractivity contribution in [1.29, 1.82) is 0 Å². The molecule has 0 bridgehead atoms. The molecule has 1 atom stereocenters. The van der Waals surface area contributed by atoms with Gasteiger partial charge >= 0.3 is 5.97 Å². The van der Waals surface area contributed by atoms with E-state index in [0.717, 1.165) is 12.0 Å². The average molecular weight is 225 g/mol. The van der Waals surface area contributed by atoms with Gasteiger partial charge in [-0.2, -0.15) is 5.10 Å². The van der Waals surface area contributed by atoms with Gasteiger partial charge in [0.15, 0.2) is 0 Å². The fourth-order valence-electron chi connectivity index (χ4n) is 1.59. The number of aromatic nitrogens is 2. The van der Waals surface area contributed by atoms with E-state index >= 15 is 0 Å². The predicted molar refractivity (Wildman–Crippen MR) is 61.0 cm³/mol. The minimum absolute atomic E-state index is 0.0733. The summed E-state index contributed by atoms with van der Waals surface area (Å²) < 4.78 is 1.73. The molecule has 0 spiro atoms. The Labute approximate surface area is 95.7 Å². The second kappa shape index (κ2) is 5.65. The van der Waals surface area contributed by atoms with Crippen LogP contribution in [0.5, 0.6) is 0 Å². The molecule has 1 unspecified atom stereocenters. The van der Waals surface area contributed by atoms with Gasteiger partial charge < -0.3 is 5.11 Å². The summed E-state index contributed by atoms with van der Waals surface area (Å²) in [6.45, 7) is 4.81. The van der Waals surface area contributed by atoms with Crippen molar-refractivity contribution in [2.24, 2.45) is 7.05 Å². The van der Waals surface area contributed by atoms with Gasteiger partial charge in [0.05, 0.1) is 12.7 Å². The number of carbonyl (C=O) groups is 1. The Morgan fingerprint density at radius 2 is 2.38 bits per heavy atom. The number of nitrogens with zero attached hydrogens (tertiary/aromatic N) is 3. The van der Waals surface area contributed by atoms with Crippen LogP contribution in [-0.2, 0) is 18.4 Å². The number of carboxylic acids is 1. The zero-order valence-electron chi connectivity index (χ0n) is 10.1. The van der Waals surface area contributed by atoms with Gasteiger partial charge in [-0.1, -0.05) is 6.92 Å². The Bertz CT molecular complexity index is 349. The highest BCUT2D eigenvalue weighted by Crippen LogP contribution is 2.09. The smallest absolute Gasteiger partial charge is 0.317 e. The topological polar surface area (TPSA) is 58.4 Å². The second-order valence-electron chi connectivity index (χ2n) is 4.08. The Balaban J connectivity index is 2.66. The number of hydrogen-bond donors (Lipinski definition) is 1. The van der Waals surface area contributed by atoms with Crippen LogP contribution in [0.3, 0.4) is 0 Å². The summed E-state index contributed by atoms with van der Waals surface area (Å²) >= 11 is 0. The van der Waals surface area contributed by atoms with Crippen LogP contribution in [0.1, 0.15) is 25.8 Å². The van der Waals surface area contributed by atoms with Crippen molar-refractivity contribution in [2.45, 2.75) is 32.9 Å². The van der Waals surface area contributed by atoms with Crippen molar-refractivity contribution in [3.05, 3.63) is 18.0 Å². The molecule has 16 heavy (non-hydrogen) atoms. The zero-order chi connectivity index (χ0) is 12.1. The first-order chi connectivity index (χ1) is 7.52. The molecule has 0 saturated carbocycles. The molecule has 1 aromatic rings. The number of aliphatic carboxylic acids is 1. The molecule has 0 aliphatic heterocycles. The largest absolute Gasteiger partial charge is 0.480 e. The first-order valence-electron chi connectivity index (χ1n) is 5.46. The van der Waals surface area contributed by atoms with Gasteiger partial charge in [0.1, 0.15) is 0 Å². The van der Waals surface area contributed by atoms with E-state index in [2.05, 4.69) is 12.0 Å². The lowest BCUT2D eigenvalue weighted by molar-refractivity contribution is -0.139. The minimum atomic E-state index is -0.788. The van der Waals surface area contributed by atoms with Crippen molar-refractivity contribution in [2.75, 3.05) is 6.54 Å². The number of rotatable bonds is 6. The van der Waals surface area contributed by atoms with Crippen LogP contribution in [0.4, 0.5) is 0 Å². The highest BCUT2D eigenvalue weighted by atomic mass is 16.4. The van der Waals surface area contributed by atoms with Gasteiger partial charge in [-0.25, -0.2) is 0 Å². The molecule has 0 aliphatic carbocycles. The highest BCUT2D eigenvalue weighted by molar-refractivity contribution is 5.69. The molecule has 0 saturated heterocycles. The van der Waals surface area contributed by atoms with E-state index in [1.54, 1.807) is 10.9 Å². The standard InChI is InChI=1S/C11H19N3O2/c1-4-9(2)14(8-11(15)16)7-10-5-12-13(3)6-10/h5-6,9H,4,7-8H2,1-3H3,(H,15,16). The SMILES string of the molecule is CCC(C)N(CC(=O)O)Cc1cnn(C)c1. The van der Waals surface area contributed by atoms with Gasteiger partial charge in [0.2, 0.25) is 0 Å². The van der Waals surface area contributed by atoms with Crippen LogP contribution in [0, 0.1) is 0 Å². The maximum Gasteiger partial charge on any atom is 0.317 e. The molecule has 0 fully saturated rings. The minimum Gasteiger partial charge on any atom is -0.480 e. The monoisotopic (exact) mass is 225 g/mol. The molecule has 1 heterocycles. The fraction of sp³-hybridized carbons (Fsp3) is 0.636. The lowest BCUT2D eigenvalue weighted by Gasteiger charge is -2.25. The molecule has 5 heteroatoms. The van der Waals surface area contributed by atoms with Crippen molar-refractivity contribution in [1.82, 2.24) is 14.7 Å². The second-order valence-corrected chi connectivity index (χ2v) is 4.08. The fourth-order valence-corrected chi connectivity index (χ4v) is 1.59. The molecule has 1 rings (SSSR count). The summed E-state index contributed by atoms with van der Waals surface area (Å²) in [5.41, 5.74) is 1.05. The Morgan fingerprint density at radius 3 is 2.81 bits per heavy atom. The highest BCUT2D eigenvalue weighted by Gasteiger charge is 2.16. The molecular formula is C11H19N3O2. The molecule has 0 amide bonds. The average Bonchev–Trinajstić information content (AvgIpc) is 2.61. The van der Waals surface area contributed by atoms with Gasteiger partial charge in [-0.3, -0.25) is 14.4 Å². The summed E-state index contributed by atoms with van der Waals surface area (Å²) in [6, 6.07) is 0.260. The van der Waals surface area contributed by atoms with E-state index in [1.165, 1.54) is 0 Å². The third-order valence-electron chi connectivity index (χ3n) is 2.70. The molecule has 0 aliphatic rings. The maximum atomic E-state index is 10.8. The Hall–Kier alpha value is -1.36. The molecular weight excluding hydrogens is 206 g/mol. The molecule has 1 aromatic heterocycles. The third-order valence-corrected chi connectivity index (χ3v) is 2.70. The Kier molecular flexibility index (Phi) is 4.49. The van der Waals surface area contributed by atoms with E-state index in [1.807, 2.05) is 25.1 Å². The summed E-state index contributed by atoms with van der Waals surface area (Å²) in [5, 5.41) is 12.9. The van der Waals surface area contributed by atoms with Crippen LogP contribution in [0.15, 0.2) is 12.4 Å². The quantitative estimate of drug-likeness (QED) is 0.787. The first-order valence-corrected chi connectivity index (χ1v) is 5.46. The van der Waals surface area contributed by atoms with E-state index in [-0.39, 0.29) is 12.6 Å². The van der Waals surface area contributed by atoms with Gasteiger partial charge in [-0.15, -0.1) is 0 Å². The summed E-state index contributed by atoms with van der Waals surface area (Å²) in [6.07, 6.45) is 4.63. The molecule has 1 N–H and O–H groups in total. The van der Waals surface area contributed by atoms with E-state index < -0.39 is 5.97 Å².